The minimum atomic E-state index is 0.844. The molecule has 13 aromatic carbocycles. The average Bonchev–Trinajstić information content (AvgIpc) is 3.97. The molecule has 314 valence electrons. The van der Waals surface area contributed by atoms with E-state index in [1.807, 2.05) is 0 Å². The number of hydrogen-bond donors (Lipinski definition) is 0. The van der Waals surface area contributed by atoms with Crippen LogP contribution in [-0.2, 0) is 0 Å². The SMILES string of the molecule is c1cc(-c2ccc3c4ccccc4c4ccccc4c3c2)cc(-c2cccc3c2oc2cc4c(cc23)oc2c(-c3cccc(-c5ccc6c7ccccc7c7ccccc7c6c5)c3)cccc24)c1. The molecule has 0 N–H and O–H groups in total. The van der Waals surface area contributed by atoms with E-state index < -0.39 is 0 Å². The Bertz CT molecular complexity index is 4250. The fourth-order valence-electron chi connectivity index (χ4n) is 11.4. The number of hydrogen-bond acceptors (Lipinski definition) is 2. The van der Waals surface area contributed by atoms with E-state index in [4.69, 9.17) is 8.83 Å². The van der Waals surface area contributed by atoms with E-state index in [-0.39, 0.29) is 0 Å². The summed E-state index contributed by atoms with van der Waals surface area (Å²) in [5, 5.41) is 19.5. The van der Waals surface area contributed by atoms with Gasteiger partial charge in [0.05, 0.1) is 0 Å². The smallest absolute Gasteiger partial charge is 0.143 e. The Balaban J connectivity index is 0.814. The molecule has 0 spiro atoms. The minimum absolute atomic E-state index is 0.844. The second-order valence-electron chi connectivity index (χ2n) is 18.3. The van der Waals surface area contributed by atoms with Gasteiger partial charge in [0.1, 0.15) is 22.3 Å². The summed E-state index contributed by atoms with van der Waals surface area (Å²) in [7, 11) is 0. The molecule has 68 heavy (non-hydrogen) atoms. The summed E-state index contributed by atoms with van der Waals surface area (Å²) < 4.78 is 13.8. The van der Waals surface area contributed by atoms with Gasteiger partial charge in [-0.1, -0.05) is 194 Å². The third-order valence-electron chi connectivity index (χ3n) is 14.6. The predicted molar refractivity (Wildman–Crippen MR) is 288 cm³/mol. The highest BCUT2D eigenvalue weighted by atomic mass is 16.3. The average molecular weight is 863 g/mol. The molecule has 15 aromatic rings. The van der Waals surface area contributed by atoms with Gasteiger partial charge in [0.15, 0.2) is 0 Å². The highest BCUT2D eigenvalue weighted by Crippen LogP contribution is 2.44. The first-order valence-corrected chi connectivity index (χ1v) is 23.4. The maximum atomic E-state index is 6.88. The molecule has 0 saturated carbocycles. The van der Waals surface area contributed by atoms with Crippen molar-refractivity contribution in [3.05, 3.63) is 231 Å². The summed E-state index contributed by atoms with van der Waals surface area (Å²) in [6.07, 6.45) is 0. The Morgan fingerprint density at radius 2 is 0.471 bits per heavy atom. The molecule has 0 atom stereocenters. The molecule has 2 aromatic heterocycles. The van der Waals surface area contributed by atoms with Crippen LogP contribution < -0.4 is 0 Å². The zero-order valence-corrected chi connectivity index (χ0v) is 36.8. The molecule has 2 heterocycles. The van der Waals surface area contributed by atoms with Gasteiger partial charge in [-0.15, -0.1) is 0 Å². The van der Waals surface area contributed by atoms with Gasteiger partial charge in [-0.25, -0.2) is 0 Å². The lowest BCUT2D eigenvalue weighted by Crippen LogP contribution is -1.86. The van der Waals surface area contributed by atoms with Crippen LogP contribution in [0.2, 0.25) is 0 Å². The third-order valence-corrected chi connectivity index (χ3v) is 14.6. The summed E-state index contributed by atoms with van der Waals surface area (Å²) in [4.78, 5) is 0. The summed E-state index contributed by atoms with van der Waals surface area (Å²) in [5.74, 6) is 0. The second-order valence-corrected chi connectivity index (χ2v) is 18.3. The van der Waals surface area contributed by atoms with E-state index >= 15 is 0 Å². The van der Waals surface area contributed by atoms with Gasteiger partial charge in [0.2, 0.25) is 0 Å². The number of para-hydroxylation sites is 2. The van der Waals surface area contributed by atoms with E-state index in [1.165, 1.54) is 86.9 Å². The molecule has 0 saturated heterocycles. The summed E-state index contributed by atoms with van der Waals surface area (Å²) in [6.45, 7) is 0. The highest BCUT2D eigenvalue weighted by Gasteiger charge is 2.19. The van der Waals surface area contributed by atoms with Gasteiger partial charge in [-0.05, 0) is 134 Å². The zero-order valence-electron chi connectivity index (χ0n) is 36.8. The molecule has 15 rings (SSSR count). The van der Waals surface area contributed by atoms with Crippen molar-refractivity contribution in [2.45, 2.75) is 0 Å². The molecule has 0 amide bonds. The predicted octanol–water partition coefficient (Wildman–Crippen LogP) is 19.1. The Hall–Kier alpha value is -8.98. The minimum Gasteiger partial charge on any atom is -0.455 e. The Morgan fingerprint density at radius 3 is 0.853 bits per heavy atom. The van der Waals surface area contributed by atoms with Gasteiger partial charge < -0.3 is 8.83 Å². The quantitative estimate of drug-likeness (QED) is 0.165. The molecule has 0 fully saturated rings. The van der Waals surface area contributed by atoms with Crippen molar-refractivity contribution in [1.29, 1.82) is 0 Å². The molecule has 0 unspecified atom stereocenters. The van der Waals surface area contributed by atoms with Crippen LogP contribution in [0.3, 0.4) is 0 Å². The van der Waals surface area contributed by atoms with Crippen LogP contribution >= 0.6 is 0 Å². The molecule has 0 radical (unpaired) electrons. The molecule has 0 aliphatic heterocycles. The summed E-state index contributed by atoms with van der Waals surface area (Å²) in [6, 6.07) is 83.9. The van der Waals surface area contributed by atoms with Gasteiger partial charge >= 0.3 is 0 Å². The van der Waals surface area contributed by atoms with Crippen molar-refractivity contribution < 1.29 is 8.83 Å². The number of benzene rings is 13. The Morgan fingerprint density at radius 1 is 0.176 bits per heavy atom. The monoisotopic (exact) mass is 862 g/mol. The van der Waals surface area contributed by atoms with Gasteiger partial charge in [-0.2, -0.15) is 0 Å². The van der Waals surface area contributed by atoms with Crippen LogP contribution in [0.15, 0.2) is 239 Å². The molecule has 0 aliphatic carbocycles. The second kappa shape index (κ2) is 14.3. The van der Waals surface area contributed by atoms with Gasteiger partial charge in [0.25, 0.3) is 0 Å². The first-order chi connectivity index (χ1) is 33.7. The standard InChI is InChI=1S/C66H38O2/c1-3-21-51-47(17-1)49-19-5-7-23-53(49)59-35-41(29-31-55(51)59)39-13-9-15-43(33-39)45-25-11-27-57-61-37-64-62(38-63(61)67-65(45)57)58-28-12-26-46(66(58)68-64)44-16-10-14-40(34-44)42-30-32-56-52-22-4-2-18-48(52)50-20-6-8-24-54(50)60(56)36-42/h1-38H. The number of furan rings is 2. The summed E-state index contributed by atoms with van der Waals surface area (Å²) >= 11 is 0. The van der Waals surface area contributed by atoms with Gasteiger partial charge in [0, 0.05) is 32.7 Å². The van der Waals surface area contributed by atoms with E-state index in [0.29, 0.717) is 0 Å². The number of rotatable bonds is 4. The molecular formula is C66H38O2. The molecule has 2 heteroatoms. The van der Waals surface area contributed by atoms with E-state index in [9.17, 15) is 0 Å². The lowest BCUT2D eigenvalue weighted by molar-refractivity contribution is 0.665. The zero-order chi connectivity index (χ0) is 44.5. The summed E-state index contributed by atoms with van der Waals surface area (Å²) in [5.41, 5.74) is 12.5. The topological polar surface area (TPSA) is 26.3 Å². The van der Waals surface area contributed by atoms with E-state index in [1.54, 1.807) is 0 Å². The van der Waals surface area contributed by atoms with Crippen LogP contribution in [0.5, 0.6) is 0 Å². The normalized spacial score (nSPS) is 12.1. The lowest BCUT2D eigenvalue weighted by atomic mass is 9.91. The van der Waals surface area contributed by atoms with Crippen molar-refractivity contribution in [1.82, 2.24) is 0 Å². The molecule has 0 aliphatic rings. The largest absolute Gasteiger partial charge is 0.455 e. The number of fused-ring (bicyclic) bond motifs is 18. The van der Waals surface area contributed by atoms with Crippen molar-refractivity contribution in [2.75, 3.05) is 0 Å². The fraction of sp³-hybridized carbons (Fsp3) is 0. The van der Waals surface area contributed by atoms with Crippen molar-refractivity contribution in [3.8, 4) is 44.5 Å². The van der Waals surface area contributed by atoms with Crippen molar-refractivity contribution >= 4 is 109 Å². The van der Waals surface area contributed by atoms with Gasteiger partial charge in [-0.3, -0.25) is 0 Å². The fourth-order valence-corrected chi connectivity index (χ4v) is 11.4. The van der Waals surface area contributed by atoms with E-state index in [2.05, 4.69) is 231 Å². The van der Waals surface area contributed by atoms with E-state index in [0.717, 1.165) is 66.1 Å². The van der Waals surface area contributed by atoms with Crippen LogP contribution in [0, 0.1) is 0 Å². The van der Waals surface area contributed by atoms with Crippen molar-refractivity contribution in [3.63, 3.8) is 0 Å². The Labute approximate surface area is 390 Å². The van der Waals surface area contributed by atoms with Crippen LogP contribution in [0.1, 0.15) is 0 Å². The molecule has 2 nitrogen and oxygen atoms in total. The lowest BCUT2D eigenvalue weighted by Gasteiger charge is -2.12. The first-order valence-electron chi connectivity index (χ1n) is 23.4. The molecular weight excluding hydrogens is 825 g/mol. The van der Waals surface area contributed by atoms with Crippen LogP contribution in [0.4, 0.5) is 0 Å². The first kappa shape index (κ1) is 37.3. The highest BCUT2D eigenvalue weighted by molar-refractivity contribution is 6.27. The maximum absolute atomic E-state index is 6.88. The maximum Gasteiger partial charge on any atom is 0.143 e. The Kier molecular flexibility index (Phi) is 7.81. The molecule has 0 bridgehead atoms. The van der Waals surface area contributed by atoms with Crippen molar-refractivity contribution in [2.24, 2.45) is 0 Å². The van der Waals surface area contributed by atoms with Crippen LogP contribution in [-0.4, -0.2) is 0 Å². The third kappa shape index (κ3) is 5.46. The van der Waals surface area contributed by atoms with Crippen LogP contribution in [0.25, 0.3) is 153 Å².